The van der Waals surface area contributed by atoms with Crippen molar-refractivity contribution in [3.8, 4) is 0 Å². The van der Waals surface area contributed by atoms with Crippen LogP contribution in [0.1, 0.15) is 46.0 Å². The highest BCUT2D eigenvalue weighted by Gasteiger charge is 2.34. The van der Waals surface area contributed by atoms with E-state index in [1.165, 1.54) is 12.8 Å². The molecule has 0 amide bonds. The average Bonchev–Trinajstić information content (AvgIpc) is 2.45. The second-order valence-corrected chi connectivity index (χ2v) is 6.10. The third kappa shape index (κ3) is 3.85. The lowest BCUT2D eigenvalue weighted by Crippen LogP contribution is -2.46. The monoisotopic (exact) mass is 277 g/mol. The van der Waals surface area contributed by atoms with Crippen molar-refractivity contribution in [1.29, 1.82) is 0 Å². The molecule has 20 heavy (non-hydrogen) atoms. The molecule has 1 saturated carbocycles. The van der Waals surface area contributed by atoms with E-state index < -0.39 is 0 Å². The lowest BCUT2D eigenvalue weighted by Gasteiger charge is -2.39. The lowest BCUT2D eigenvalue weighted by atomic mass is 9.77. The molecule has 112 valence electrons. The largest absolute Gasteiger partial charge is 0.394 e. The zero-order chi connectivity index (χ0) is 14.4. The molecule has 0 radical (unpaired) electrons. The van der Waals surface area contributed by atoms with E-state index in [0.29, 0.717) is 5.92 Å². The predicted octanol–water partition coefficient (Wildman–Crippen LogP) is 3.26. The van der Waals surface area contributed by atoms with Gasteiger partial charge in [-0.25, -0.2) is 4.98 Å². The molecule has 0 spiro atoms. The van der Waals surface area contributed by atoms with Crippen LogP contribution < -0.4 is 10.6 Å². The van der Waals surface area contributed by atoms with E-state index in [2.05, 4.69) is 29.5 Å². The van der Waals surface area contributed by atoms with Crippen molar-refractivity contribution in [2.45, 2.75) is 51.5 Å². The van der Waals surface area contributed by atoms with Gasteiger partial charge in [0.15, 0.2) is 0 Å². The molecule has 4 nitrogen and oxygen atoms in total. The third-order valence-electron chi connectivity index (χ3n) is 4.09. The lowest BCUT2D eigenvalue weighted by molar-refractivity contribution is 0.149. The number of anilines is 2. The maximum absolute atomic E-state index is 9.83. The minimum absolute atomic E-state index is 0.172. The first-order chi connectivity index (χ1) is 9.67. The average molecular weight is 277 g/mol. The Morgan fingerprint density at radius 2 is 2.20 bits per heavy atom. The number of pyridine rings is 1. The fourth-order valence-electron chi connectivity index (χ4n) is 3.08. The fourth-order valence-corrected chi connectivity index (χ4v) is 3.08. The summed E-state index contributed by atoms with van der Waals surface area (Å²) in [4.78, 5) is 4.59. The Labute approximate surface area is 122 Å². The predicted molar refractivity (Wildman–Crippen MR) is 84.1 cm³/mol. The van der Waals surface area contributed by atoms with Crippen LogP contribution in [0.5, 0.6) is 0 Å². The number of rotatable bonds is 6. The summed E-state index contributed by atoms with van der Waals surface area (Å²) in [6, 6.07) is 5.97. The molecule has 0 bridgehead atoms. The van der Waals surface area contributed by atoms with Crippen LogP contribution in [0.4, 0.5) is 11.6 Å². The van der Waals surface area contributed by atoms with Gasteiger partial charge in [0.05, 0.1) is 12.1 Å². The van der Waals surface area contributed by atoms with Gasteiger partial charge in [0.2, 0.25) is 0 Å². The molecule has 2 rings (SSSR count). The minimum atomic E-state index is -0.200. The van der Waals surface area contributed by atoms with E-state index >= 15 is 0 Å². The fraction of sp³-hybridized carbons (Fsp3) is 0.688. The molecule has 2 unspecified atom stereocenters. The topological polar surface area (TPSA) is 57.2 Å². The molecule has 1 heterocycles. The quantitative estimate of drug-likeness (QED) is 0.747. The zero-order valence-corrected chi connectivity index (χ0v) is 12.7. The first-order valence-corrected chi connectivity index (χ1v) is 7.77. The second kappa shape index (κ2) is 6.93. The highest BCUT2D eigenvalue weighted by Crippen LogP contribution is 2.34. The number of hydrogen-bond donors (Lipinski definition) is 3. The number of nitrogens with one attached hydrogen (secondary N) is 2. The van der Waals surface area contributed by atoms with Crippen molar-refractivity contribution in [3.05, 3.63) is 18.2 Å². The maximum Gasteiger partial charge on any atom is 0.128 e. The third-order valence-corrected chi connectivity index (χ3v) is 4.09. The standard InChI is InChI=1S/C16H27N3O/c1-3-10-17-14-7-4-8-15(18-14)19-16(12-20)9-5-6-13(2)11-16/h4,7-8,13,20H,3,5-6,9-12H2,1-2H3,(H2,17,18,19). The van der Waals surface area contributed by atoms with Gasteiger partial charge in [-0.15, -0.1) is 0 Å². The maximum atomic E-state index is 9.83. The molecule has 3 N–H and O–H groups in total. The Hall–Kier alpha value is -1.29. The molecule has 4 heteroatoms. The molecule has 1 aromatic heterocycles. The van der Waals surface area contributed by atoms with Gasteiger partial charge in [0, 0.05) is 6.54 Å². The van der Waals surface area contributed by atoms with Crippen LogP contribution in [0.15, 0.2) is 18.2 Å². The Balaban J connectivity index is 2.07. The number of nitrogens with zero attached hydrogens (tertiary/aromatic N) is 1. The van der Waals surface area contributed by atoms with E-state index in [0.717, 1.165) is 37.4 Å². The van der Waals surface area contributed by atoms with Gasteiger partial charge >= 0.3 is 0 Å². The molecule has 1 aliphatic carbocycles. The van der Waals surface area contributed by atoms with Crippen molar-refractivity contribution >= 4 is 11.6 Å². The Bertz CT molecular complexity index is 424. The summed E-state index contributed by atoms with van der Waals surface area (Å²) < 4.78 is 0. The molecule has 0 aliphatic heterocycles. The van der Waals surface area contributed by atoms with Gasteiger partial charge in [-0.1, -0.05) is 32.8 Å². The summed E-state index contributed by atoms with van der Waals surface area (Å²) in [7, 11) is 0. The van der Waals surface area contributed by atoms with Crippen molar-refractivity contribution in [1.82, 2.24) is 4.98 Å². The van der Waals surface area contributed by atoms with Crippen LogP contribution in [-0.4, -0.2) is 28.8 Å². The van der Waals surface area contributed by atoms with Gasteiger partial charge in [-0.3, -0.25) is 0 Å². The Morgan fingerprint density at radius 3 is 2.90 bits per heavy atom. The summed E-state index contributed by atoms with van der Waals surface area (Å²) in [5, 5.41) is 16.6. The SMILES string of the molecule is CCCNc1cccc(NC2(CO)CCCC(C)C2)n1. The summed E-state index contributed by atoms with van der Waals surface area (Å²) in [5.74, 6) is 2.41. The number of hydrogen-bond acceptors (Lipinski definition) is 4. The molecule has 1 aliphatic rings. The summed E-state index contributed by atoms with van der Waals surface area (Å²) in [6.07, 6.45) is 5.54. The smallest absolute Gasteiger partial charge is 0.128 e. The van der Waals surface area contributed by atoms with Gasteiger partial charge in [0.25, 0.3) is 0 Å². The van der Waals surface area contributed by atoms with Crippen LogP contribution in [0, 0.1) is 5.92 Å². The Kier molecular flexibility index (Phi) is 5.24. The van der Waals surface area contributed by atoms with Crippen LogP contribution in [0.2, 0.25) is 0 Å². The molecule has 2 atom stereocenters. The van der Waals surface area contributed by atoms with Crippen molar-refractivity contribution in [2.75, 3.05) is 23.8 Å². The second-order valence-electron chi connectivity index (χ2n) is 6.10. The molecule has 1 fully saturated rings. The van der Waals surface area contributed by atoms with Gasteiger partial charge in [-0.2, -0.15) is 0 Å². The van der Waals surface area contributed by atoms with E-state index in [-0.39, 0.29) is 12.1 Å². The van der Waals surface area contributed by atoms with E-state index in [4.69, 9.17) is 0 Å². The molecular weight excluding hydrogens is 250 g/mol. The molecule has 0 saturated heterocycles. The Morgan fingerprint density at radius 1 is 1.40 bits per heavy atom. The van der Waals surface area contributed by atoms with Crippen LogP contribution in [-0.2, 0) is 0 Å². The first-order valence-electron chi connectivity index (χ1n) is 7.77. The number of aromatic nitrogens is 1. The summed E-state index contributed by atoms with van der Waals surface area (Å²) in [5.41, 5.74) is -0.200. The van der Waals surface area contributed by atoms with Crippen molar-refractivity contribution < 1.29 is 5.11 Å². The number of aliphatic hydroxyl groups excluding tert-OH is 1. The highest BCUT2D eigenvalue weighted by molar-refractivity contribution is 5.46. The minimum Gasteiger partial charge on any atom is -0.394 e. The van der Waals surface area contributed by atoms with Gasteiger partial charge in [0.1, 0.15) is 11.6 Å². The molecular formula is C16H27N3O. The van der Waals surface area contributed by atoms with Gasteiger partial charge < -0.3 is 15.7 Å². The van der Waals surface area contributed by atoms with Crippen LogP contribution in [0.3, 0.4) is 0 Å². The van der Waals surface area contributed by atoms with Crippen LogP contribution >= 0.6 is 0 Å². The van der Waals surface area contributed by atoms with E-state index in [9.17, 15) is 5.11 Å². The first kappa shape index (κ1) is 15.1. The van der Waals surface area contributed by atoms with Crippen molar-refractivity contribution in [2.24, 2.45) is 5.92 Å². The summed E-state index contributed by atoms with van der Waals surface area (Å²) >= 11 is 0. The number of aliphatic hydroxyl groups is 1. The van der Waals surface area contributed by atoms with Crippen LogP contribution in [0.25, 0.3) is 0 Å². The summed E-state index contributed by atoms with van der Waals surface area (Å²) in [6.45, 7) is 5.50. The highest BCUT2D eigenvalue weighted by atomic mass is 16.3. The van der Waals surface area contributed by atoms with E-state index in [1.807, 2.05) is 18.2 Å². The molecule has 1 aromatic rings. The van der Waals surface area contributed by atoms with Crippen molar-refractivity contribution in [3.63, 3.8) is 0 Å². The van der Waals surface area contributed by atoms with E-state index in [1.54, 1.807) is 0 Å². The zero-order valence-electron chi connectivity index (χ0n) is 12.7. The van der Waals surface area contributed by atoms with Gasteiger partial charge in [-0.05, 0) is 37.3 Å². The molecule has 0 aromatic carbocycles. The normalized spacial score (nSPS) is 26.2.